The molecule has 2 aromatic rings. The van der Waals surface area contributed by atoms with Gasteiger partial charge >= 0.3 is 5.97 Å². The Bertz CT molecular complexity index is 665. The molecule has 1 aliphatic carbocycles. The van der Waals surface area contributed by atoms with Gasteiger partial charge in [-0.1, -0.05) is 25.3 Å². The summed E-state index contributed by atoms with van der Waals surface area (Å²) in [4.78, 5) is 20.0. The first-order chi connectivity index (χ1) is 11.1. The van der Waals surface area contributed by atoms with Crippen LogP contribution in [-0.2, 0) is 11.2 Å². The summed E-state index contributed by atoms with van der Waals surface area (Å²) >= 11 is 0. The van der Waals surface area contributed by atoms with Gasteiger partial charge in [-0.2, -0.15) is 0 Å². The monoisotopic (exact) mass is 350 g/mol. The maximum absolute atomic E-state index is 11.7. The topological polar surface area (TPSA) is 94.0 Å². The van der Waals surface area contributed by atoms with Crippen molar-refractivity contribution in [1.82, 2.24) is 14.5 Å². The van der Waals surface area contributed by atoms with E-state index in [1.807, 2.05) is 12.3 Å². The minimum Gasteiger partial charge on any atom is -0.481 e. The number of nitrogens with zero attached hydrogens (tertiary/aromatic N) is 3. The van der Waals surface area contributed by atoms with E-state index in [9.17, 15) is 9.90 Å². The number of pyridine rings is 1. The number of halogens is 1. The first-order valence-electron chi connectivity index (χ1n) is 8.10. The van der Waals surface area contributed by atoms with Gasteiger partial charge in [0.05, 0.1) is 12.0 Å². The van der Waals surface area contributed by atoms with Gasteiger partial charge in [-0.15, -0.1) is 12.4 Å². The molecule has 2 heterocycles. The lowest BCUT2D eigenvalue weighted by Gasteiger charge is -2.22. The van der Waals surface area contributed by atoms with Crippen LogP contribution in [-0.4, -0.2) is 25.6 Å². The number of hydrogen-bond acceptors (Lipinski definition) is 4. The number of rotatable bonds is 5. The van der Waals surface area contributed by atoms with Crippen molar-refractivity contribution in [2.24, 2.45) is 0 Å². The number of carbonyl (C=O) groups is 1. The zero-order valence-electron chi connectivity index (χ0n) is 13.5. The van der Waals surface area contributed by atoms with Crippen LogP contribution in [0.2, 0.25) is 0 Å². The van der Waals surface area contributed by atoms with Gasteiger partial charge in [0.25, 0.3) is 0 Å². The van der Waals surface area contributed by atoms with Gasteiger partial charge < -0.3 is 15.4 Å². The zero-order chi connectivity index (χ0) is 16.2. The molecular weight excluding hydrogens is 328 g/mol. The van der Waals surface area contributed by atoms with Gasteiger partial charge in [0, 0.05) is 18.4 Å². The largest absolute Gasteiger partial charge is 0.481 e. The molecule has 0 amide bonds. The molecule has 0 spiro atoms. The molecule has 0 aromatic carbocycles. The van der Waals surface area contributed by atoms with E-state index in [4.69, 9.17) is 5.73 Å². The second-order valence-corrected chi connectivity index (χ2v) is 6.22. The highest BCUT2D eigenvalue weighted by Gasteiger charge is 2.24. The smallest absolute Gasteiger partial charge is 0.312 e. The van der Waals surface area contributed by atoms with Crippen LogP contribution in [0.15, 0.2) is 30.9 Å². The summed E-state index contributed by atoms with van der Waals surface area (Å²) < 4.78 is 2.09. The van der Waals surface area contributed by atoms with E-state index in [0.717, 1.165) is 18.4 Å². The van der Waals surface area contributed by atoms with Gasteiger partial charge in [0.2, 0.25) is 0 Å². The highest BCUT2D eigenvalue weighted by Crippen LogP contribution is 2.29. The van der Waals surface area contributed by atoms with E-state index in [1.165, 1.54) is 19.3 Å². The Kier molecular flexibility index (Phi) is 6.20. The van der Waals surface area contributed by atoms with Gasteiger partial charge in [0.1, 0.15) is 11.7 Å². The molecule has 1 saturated carbocycles. The van der Waals surface area contributed by atoms with E-state index in [1.54, 1.807) is 18.6 Å². The Hall–Kier alpha value is -2.08. The number of hydrogen-bond donors (Lipinski definition) is 2. The molecule has 0 bridgehead atoms. The lowest BCUT2D eigenvalue weighted by atomic mass is 9.95. The summed E-state index contributed by atoms with van der Waals surface area (Å²) in [6, 6.07) is 3.96. The summed E-state index contributed by atoms with van der Waals surface area (Å²) in [6.45, 7) is 0. The van der Waals surface area contributed by atoms with Crippen LogP contribution in [0, 0.1) is 0 Å². The van der Waals surface area contributed by atoms with E-state index in [-0.39, 0.29) is 12.4 Å². The number of carboxylic acids is 1. The molecule has 24 heavy (non-hydrogen) atoms. The van der Waals surface area contributed by atoms with E-state index >= 15 is 0 Å². The zero-order valence-corrected chi connectivity index (χ0v) is 14.3. The molecule has 1 atom stereocenters. The third kappa shape index (κ3) is 4.26. The lowest BCUT2D eigenvalue weighted by Crippen LogP contribution is -2.15. The van der Waals surface area contributed by atoms with Crippen molar-refractivity contribution in [1.29, 1.82) is 0 Å². The molecule has 1 fully saturated rings. The quantitative estimate of drug-likeness (QED) is 0.863. The van der Waals surface area contributed by atoms with Crippen molar-refractivity contribution >= 4 is 24.2 Å². The van der Waals surface area contributed by atoms with Crippen LogP contribution >= 0.6 is 12.4 Å². The molecule has 2 aromatic heterocycles. The fourth-order valence-corrected chi connectivity index (χ4v) is 3.22. The standard InChI is InChI=1S/C17H22N4O2.ClH/c18-16-7-6-12(9-19-16)8-14(17(22)23)15-10-21(11-20-15)13-4-2-1-3-5-13;/h6-7,9-11,13-14H,1-5,8H2,(H2,18,19)(H,22,23);1H. The van der Waals surface area contributed by atoms with Crippen LogP contribution < -0.4 is 5.73 Å². The Morgan fingerprint density at radius 1 is 1.29 bits per heavy atom. The normalized spacial score (nSPS) is 16.3. The Labute approximate surface area is 147 Å². The first-order valence-corrected chi connectivity index (χ1v) is 8.10. The molecule has 0 aliphatic heterocycles. The lowest BCUT2D eigenvalue weighted by molar-refractivity contribution is -0.138. The number of carboxylic acid groups (broad SMARTS) is 1. The third-order valence-electron chi connectivity index (χ3n) is 4.56. The van der Waals surface area contributed by atoms with Crippen molar-refractivity contribution < 1.29 is 9.90 Å². The SMILES string of the molecule is Cl.Nc1ccc(CC(C(=O)O)c2cn(C3CCCCC3)cn2)cn1. The molecule has 1 aliphatic rings. The van der Waals surface area contributed by atoms with Crippen molar-refractivity contribution in [3.05, 3.63) is 42.1 Å². The van der Waals surface area contributed by atoms with Crippen LogP contribution in [0.25, 0.3) is 0 Å². The molecule has 0 saturated heterocycles. The maximum Gasteiger partial charge on any atom is 0.312 e. The van der Waals surface area contributed by atoms with Gasteiger partial charge in [-0.25, -0.2) is 9.97 Å². The Morgan fingerprint density at radius 3 is 2.67 bits per heavy atom. The predicted octanol–water partition coefficient (Wildman–Crippen LogP) is 3.20. The number of nitrogens with two attached hydrogens (primary N) is 1. The summed E-state index contributed by atoms with van der Waals surface area (Å²) in [5.41, 5.74) is 7.03. The Morgan fingerprint density at radius 2 is 2.04 bits per heavy atom. The summed E-state index contributed by atoms with van der Waals surface area (Å²) in [6.07, 6.45) is 11.7. The van der Waals surface area contributed by atoms with Crippen LogP contribution in [0.3, 0.4) is 0 Å². The molecule has 7 heteroatoms. The second kappa shape index (κ2) is 8.15. The molecule has 1 unspecified atom stereocenters. The number of aromatic nitrogens is 3. The van der Waals surface area contributed by atoms with Crippen molar-refractivity contribution in [2.45, 2.75) is 50.5 Å². The summed E-state index contributed by atoms with van der Waals surface area (Å²) in [7, 11) is 0. The Balaban J connectivity index is 0.00000208. The average Bonchev–Trinajstić information content (AvgIpc) is 3.04. The second-order valence-electron chi connectivity index (χ2n) is 6.22. The average molecular weight is 351 g/mol. The predicted molar refractivity (Wildman–Crippen MR) is 94.3 cm³/mol. The fraction of sp³-hybridized carbons (Fsp3) is 0.471. The minimum atomic E-state index is -0.865. The minimum absolute atomic E-state index is 0. The van der Waals surface area contributed by atoms with E-state index in [0.29, 0.717) is 24.0 Å². The number of imidazole rings is 1. The molecule has 130 valence electrons. The molecule has 3 N–H and O–H groups in total. The van der Waals surface area contributed by atoms with E-state index in [2.05, 4.69) is 14.5 Å². The van der Waals surface area contributed by atoms with Crippen molar-refractivity contribution in [3.63, 3.8) is 0 Å². The van der Waals surface area contributed by atoms with Crippen molar-refractivity contribution in [2.75, 3.05) is 5.73 Å². The number of nitrogen functional groups attached to an aromatic ring is 1. The fourth-order valence-electron chi connectivity index (χ4n) is 3.22. The summed E-state index contributed by atoms with van der Waals surface area (Å²) in [5, 5.41) is 9.57. The highest BCUT2D eigenvalue weighted by molar-refractivity contribution is 5.85. The first kappa shape index (κ1) is 18.3. The maximum atomic E-state index is 11.7. The summed E-state index contributed by atoms with van der Waals surface area (Å²) in [5.74, 6) is -1.09. The van der Waals surface area contributed by atoms with Gasteiger partial charge in [-0.3, -0.25) is 4.79 Å². The molecule has 0 radical (unpaired) electrons. The highest BCUT2D eigenvalue weighted by atomic mass is 35.5. The van der Waals surface area contributed by atoms with Gasteiger partial charge in [0.15, 0.2) is 0 Å². The van der Waals surface area contributed by atoms with Gasteiger partial charge in [-0.05, 0) is 30.9 Å². The molecule has 3 rings (SSSR count). The number of anilines is 1. The van der Waals surface area contributed by atoms with Crippen LogP contribution in [0.1, 0.15) is 55.3 Å². The van der Waals surface area contributed by atoms with E-state index < -0.39 is 11.9 Å². The third-order valence-corrected chi connectivity index (χ3v) is 4.56. The van der Waals surface area contributed by atoms with Crippen molar-refractivity contribution in [3.8, 4) is 0 Å². The van der Waals surface area contributed by atoms with Crippen LogP contribution in [0.4, 0.5) is 5.82 Å². The number of aliphatic carboxylic acids is 1. The molecular formula is C17H23ClN4O2. The van der Waals surface area contributed by atoms with Crippen LogP contribution in [0.5, 0.6) is 0 Å². The molecule has 6 nitrogen and oxygen atoms in total.